The first-order chi connectivity index (χ1) is 11.8. The van der Waals surface area contributed by atoms with Gasteiger partial charge in [-0.05, 0) is 55.3 Å². The van der Waals surface area contributed by atoms with Crippen LogP contribution in [-0.4, -0.2) is 23.1 Å². The Morgan fingerprint density at radius 2 is 2.08 bits per heavy atom. The summed E-state index contributed by atoms with van der Waals surface area (Å²) in [5.74, 6) is 0.382. The zero-order valence-electron chi connectivity index (χ0n) is 13.1. The van der Waals surface area contributed by atoms with E-state index in [-0.39, 0.29) is 5.38 Å². The molecule has 2 aromatic heterocycles. The summed E-state index contributed by atoms with van der Waals surface area (Å²) < 4.78 is 0. The van der Waals surface area contributed by atoms with Crippen LogP contribution in [0.4, 0.5) is 0 Å². The molecule has 120 valence electrons. The molecule has 1 aromatic carbocycles. The van der Waals surface area contributed by atoms with Crippen LogP contribution < -0.4 is 5.32 Å². The Balaban J connectivity index is 1.84. The summed E-state index contributed by atoms with van der Waals surface area (Å²) in [6.45, 7) is 1.93. The minimum absolute atomic E-state index is 0.134. The Bertz CT molecular complexity index is 901. The maximum absolute atomic E-state index is 9.00. The minimum Gasteiger partial charge on any atom is -0.360 e. The van der Waals surface area contributed by atoms with Gasteiger partial charge < -0.3 is 10.3 Å². The Morgan fingerprint density at radius 3 is 2.79 bits per heavy atom. The van der Waals surface area contributed by atoms with Crippen LogP contribution in [0.1, 0.15) is 23.1 Å². The number of halogens is 1. The highest BCUT2D eigenvalue weighted by molar-refractivity contribution is 6.21. The molecule has 4 rings (SSSR count). The molecule has 0 amide bonds. The number of nitrogens with zero attached hydrogens (tertiary/aromatic N) is 2. The van der Waals surface area contributed by atoms with Gasteiger partial charge in [0.15, 0.2) is 0 Å². The van der Waals surface area contributed by atoms with Crippen LogP contribution in [0.15, 0.2) is 42.6 Å². The van der Waals surface area contributed by atoms with Crippen LogP contribution in [0.3, 0.4) is 0 Å². The van der Waals surface area contributed by atoms with E-state index in [0.29, 0.717) is 11.5 Å². The maximum atomic E-state index is 9.00. The predicted molar refractivity (Wildman–Crippen MR) is 95.8 cm³/mol. The van der Waals surface area contributed by atoms with Crippen molar-refractivity contribution in [1.82, 2.24) is 15.3 Å². The smallest absolute Gasteiger partial charge is 0.0991 e. The molecule has 2 atom stereocenters. The van der Waals surface area contributed by atoms with E-state index < -0.39 is 0 Å². The average molecular weight is 337 g/mol. The number of pyridine rings is 1. The van der Waals surface area contributed by atoms with E-state index in [1.54, 1.807) is 0 Å². The number of fused-ring (bicyclic) bond motifs is 1. The lowest BCUT2D eigenvalue weighted by Gasteiger charge is -2.19. The summed E-state index contributed by atoms with van der Waals surface area (Å²) in [5, 5.41) is 12.2. The number of benzene rings is 1. The highest BCUT2D eigenvalue weighted by Gasteiger charge is 2.28. The summed E-state index contributed by atoms with van der Waals surface area (Å²) in [7, 11) is 0. The largest absolute Gasteiger partial charge is 0.360 e. The number of rotatable bonds is 3. The van der Waals surface area contributed by atoms with Gasteiger partial charge in [-0.2, -0.15) is 5.26 Å². The molecular formula is C19H17ClN4. The summed E-state index contributed by atoms with van der Waals surface area (Å²) in [5.41, 5.74) is 5.55. The lowest BCUT2D eigenvalue weighted by molar-refractivity contribution is 0.554. The third-order valence-electron chi connectivity index (χ3n) is 4.66. The molecule has 3 aromatic rings. The molecule has 1 fully saturated rings. The van der Waals surface area contributed by atoms with E-state index >= 15 is 0 Å². The number of hydrogen-bond acceptors (Lipinski definition) is 3. The van der Waals surface area contributed by atoms with Crippen molar-refractivity contribution < 1.29 is 0 Å². The summed E-state index contributed by atoms with van der Waals surface area (Å²) >= 11 is 6.83. The minimum atomic E-state index is -0.134. The number of nitriles is 1. The predicted octanol–water partition coefficient (Wildman–Crippen LogP) is 3.99. The molecule has 0 bridgehead atoms. The SMILES string of the molecule is N#Cc1ccc(-c2cc3[nH]ccc3nc2C(Cl)[C@H]2CCNC2)cc1. The average Bonchev–Trinajstić information content (AvgIpc) is 3.31. The van der Waals surface area contributed by atoms with Crippen LogP contribution in [0.2, 0.25) is 0 Å². The lowest BCUT2D eigenvalue weighted by atomic mass is 9.94. The van der Waals surface area contributed by atoms with E-state index in [1.165, 1.54) is 0 Å². The van der Waals surface area contributed by atoms with Crippen molar-refractivity contribution in [3.8, 4) is 17.2 Å². The van der Waals surface area contributed by atoms with Crippen molar-refractivity contribution in [2.24, 2.45) is 5.92 Å². The molecular weight excluding hydrogens is 320 g/mol. The number of alkyl halides is 1. The first-order valence-electron chi connectivity index (χ1n) is 8.09. The van der Waals surface area contributed by atoms with Crippen molar-refractivity contribution >= 4 is 22.6 Å². The van der Waals surface area contributed by atoms with E-state index in [9.17, 15) is 0 Å². The van der Waals surface area contributed by atoms with Crippen LogP contribution in [0.5, 0.6) is 0 Å². The highest BCUT2D eigenvalue weighted by atomic mass is 35.5. The van der Waals surface area contributed by atoms with Crippen molar-refractivity contribution in [2.45, 2.75) is 11.8 Å². The Morgan fingerprint density at radius 1 is 1.25 bits per heavy atom. The third-order valence-corrected chi connectivity index (χ3v) is 5.22. The lowest BCUT2D eigenvalue weighted by Crippen LogP contribution is -2.14. The van der Waals surface area contributed by atoms with Gasteiger partial charge in [0.2, 0.25) is 0 Å². The number of aromatic amines is 1. The molecule has 4 nitrogen and oxygen atoms in total. The second-order valence-electron chi connectivity index (χ2n) is 6.18. The fourth-order valence-electron chi connectivity index (χ4n) is 3.31. The zero-order chi connectivity index (χ0) is 16.5. The molecule has 0 saturated carbocycles. The van der Waals surface area contributed by atoms with Gasteiger partial charge in [0.25, 0.3) is 0 Å². The van der Waals surface area contributed by atoms with Gasteiger partial charge in [-0.25, -0.2) is 4.98 Å². The fraction of sp³-hybridized carbons (Fsp3) is 0.263. The van der Waals surface area contributed by atoms with E-state index in [2.05, 4.69) is 22.4 Å². The Kier molecular flexibility index (Phi) is 3.97. The second-order valence-corrected chi connectivity index (χ2v) is 6.65. The quantitative estimate of drug-likeness (QED) is 0.711. The van der Waals surface area contributed by atoms with Crippen LogP contribution in [-0.2, 0) is 0 Å². The van der Waals surface area contributed by atoms with Crippen LogP contribution >= 0.6 is 11.6 Å². The molecule has 0 spiro atoms. The van der Waals surface area contributed by atoms with Gasteiger partial charge in [0.05, 0.1) is 33.7 Å². The zero-order valence-corrected chi connectivity index (χ0v) is 13.8. The second kappa shape index (κ2) is 6.27. The molecule has 0 radical (unpaired) electrons. The maximum Gasteiger partial charge on any atom is 0.0991 e. The van der Waals surface area contributed by atoms with Gasteiger partial charge in [-0.15, -0.1) is 11.6 Å². The Labute approximate surface area is 145 Å². The summed E-state index contributed by atoms with van der Waals surface area (Å²) in [4.78, 5) is 8.06. The normalized spacial score (nSPS) is 18.6. The van der Waals surface area contributed by atoms with E-state index in [1.807, 2.05) is 36.5 Å². The molecule has 1 unspecified atom stereocenters. The van der Waals surface area contributed by atoms with Gasteiger partial charge in [-0.1, -0.05) is 12.1 Å². The van der Waals surface area contributed by atoms with E-state index in [4.69, 9.17) is 21.8 Å². The fourth-order valence-corrected chi connectivity index (χ4v) is 3.69. The molecule has 2 N–H and O–H groups in total. The first-order valence-corrected chi connectivity index (χ1v) is 8.53. The summed E-state index contributed by atoms with van der Waals surface area (Å²) in [6, 6.07) is 13.8. The van der Waals surface area contributed by atoms with Crippen molar-refractivity contribution in [1.29, 1.82) is 5.26 Å². The first kappa shape index (κ1) is 15.2. The summed E-state index contributed by atoms with van der Waals surface area (Å²) in [6.07, 6.45) is 2.96. The number of hydrogen-bond donors (Lipinski definition) is 2. The van der Waals surface area contributed by atoms with Gasteiger partial charge in [-0.3, -0.25) is 0 Å². The van der Waals surface area contributed by atoms with E-state index in [0.717, 1.165) is 47.4 Å². The van der Waals surface area contributed by atoms with Crippen molar-refractivity contribution in [3.05, 3.63) is 53.9 Å². The standard InChI is InChI=1S/C19H17ClN4/c20-18(14-5-7-22-11-14)19-15(9-17-16(24-19)6-8-23-17)13-3-1-12(10-21)2-4-13/h1-4,6,8-9,14,18,22-23H,5,7,11H2/t14-,18?/m0/s1. The van der Waals surface area contributed by atoms with Gasteiger partial charge in [0, 0.05) is 11.8 Å². The van der Waals surface area contributed by atoms with Crippen LogP contribution in [0.25, 0.3) is 22.2 Å². The highest BCUT2D eigenvalue weighted by Crippen LogP contribution is 2.38. The third kappa shape index (κ3) is 2.66. The number of H-pyrrole nitrogens is 1. The molecule has 24 heavy (non-hydrogen) atoms. The van der Waals surface area contributed by atoms with Gasteiger partial charge >= 0.3 is 0 Å². The number of aromatic nitrogens is 2. The Hall–Kier alpha value is -2.35. The molecule has 1 aliphatic heterocycles. The van der Waals surface area contributed by atoms with Gasteiger partial charge in [0.1, 0.15) is 0 Å². The number of nitrogens with one attached hydrogen (secondary N) is 2. The molecule has 1 saturated heterocycles. The molecule has 1 aliphatic rings. The molecule has 0 aliphatic carbocycles. The monoisotopic (exact) mass is 336 g/mol. The van der Waals surface area contributed by atoms with Crippen LogP contribution in [0, 0.1) is 17.2 Å². The van der Waals surface area contributed by atoms with Crippen molar-refractivity contribution in [2.75, 3.05) is 13.1 Å². The molecule has 3 heterocycles. The van der Waals surface area contributed by atoms with Crippen molar-refractivity contribution in [3.63, 3.8) is 0 Å². The topological polar surface area (TPSA) is 64.5 Å². The molecule has 5 heteroatoms.